The Labute approximate surface area is 228 Å². The number of halogens is 2. The first kappa shape index (κ1) is 29.1. The van der Waals surface area contributed by atoms with Crippen molar-refractivity contribution in [1.82, 2.24) is 10.2 Å². The number of ether oxygens (including phenoxy) is 1. The Hall–Kier alpha value is -2.49. The predicted molar refractivity (Wildman–Crippen MR) is 147 cm³/mol. The highest BCUT2D eigenvalue weighted by molar-refractivity contribution is 7.92. The van der Waals surface area contributed by atoms with E-state index >= 15 is 0 Å². The second kappa shape index (κ2) is 12.8. The first-order chi connectivity index (χ1) is 17.5. The first-order valence-corrected chi connectivity index (χ1v) is 14.7. The number of sulfonamides is 1. The fourth-order valence-electron chi connectivity index (χ4n) is 4.42. The zero-order valence-electron chi connectivity index (χ0n) is 21.2. The summed E-state index contributed by atoms with van der Waals surface area (Å²) in [6.07, 6.45) is 6.06. The van der Waals surface area contributed by atoms with E-state index in [1.165, 1.54) is 23.1 Å². The van der Waals surface area contributed by atoms with Crippen LogP contribution in [0.2, 0.25) is 10.0 Å². The van der Waals surface area contributed by atoms with Gasteiger partial charge in [-0.05, 0) is 55.7 Å². The van der Waals surface area contributed by atoms with Gasteiger partial charge >= 0.3 is 0 Å². The van der Waals surface area contributed by atoms with Gasteiger partial charge in [-0.1, -0.05) is 54.6 Å². The molecule has 1 fully saturated rings. The number of methoxy groups -OCH3 is 1. The zero-order chi connectivity index (χ0) is 27.2. The molecule has 0 spiro atoms. The van der Waals surface area contributed by atoms with E-state index in [1.54, 1.807) is 32.2 Å². The number of hydrogen-bond acceptors (Lipinski definition) is 5. The van der Waals surface area contributed by atoms with Crippen LogP contribution >= 0.6 is 23.2 Å². The van der Waals surface area contributed by atoms with Crippen molar-refractivity contribution in [2.45, 2.75) is 57.7 Å². The molecule has 0 unspecified atom stereocenters. The second-order valence-corrected chi connectivity index (χ2v) is 12.1. The standard InChI is InChI=1S/C26H33Cl2N3O5S/c1-18(26(33)29-22-9-5-4-6-10-22)30(16-19-8-7-11-24(12-19)36-2)25(32)17-31(37(3,34)35)23-14-20(27)13-21(28)15-23/h7-8,11-15,18,22H,4-6,9-10,16-17H2,1-3H3,(H,29,33)/t18-/m1/s1. The van der Waals surface area contributed by atoms with Crippen molar-refractivity contribution in [2.24, 2.45) is 0 Å². The minimum Gasteiger partial charge on any atom is -0.497 e. The van der Waals surface area contributed by atoms with Crippen molar-refractivity contribution in [1.29, 1.82) is 0 Å². The highest BCUT2D eigenvalue weighted by atomic mass is 35.5. The summed E-state index contributed by atoms with van der Waals surface area (Å²) in [5.74, 6) is -0.217. The monoisotopic (exact) mass is 569 g/mol. The van der Waals surface area contributed by atoms with Crippen molar-refractivity contribution in [2.75, 3.05) is 24.2 Å². The number of nitrogens with zero attached hydrogens (tertiary/aromatic N) is 2. The lowest BCUT2D eigenvalue weighted by Gasteiger charge is -2.33. The van der Waals surface area contributed by atoms with E-state index in [0.29, 0.717) is 5.75 Å². The third-order valence-electron chi connectivity index (χ3n) is 6.42. The fourth-order valence-corrected chi connectivity index (χ4v) is 5.76. The highest BCUT2D eigenvalue weighted by Gasteiger charge is 2.31. The molecule has 0 aromatic heterocycles. The normalized spacial score (nSPS) is 15.1. The minimum atomic E-state index is -3.88. The van der Waals surface area contributed by atoms with Gasteiger partial charge in [-0.15, -0.1) is 0 Å². The van der Waals surface area contributed by atoms with Crippen LogP contribution in [0, 0.1) is 0 Å². The van der Waals surface area contributed by atoms with Gasteiger partial charge in [0.25, 0.3) is 0 Å². The quantitative estimate of drug-likeness (QED) is 0.449. The maximum Gasteiger partial charge on any atom is 0.244 e. The van der Waals surface area contributed by atoms with Crippen molar-refractivity contribution in [3.63, 3.8) is 0 Å². The van der Waals surface area contributed by atoms with Crippen molar-refractivity contribution in [3.8, 4) is 5.75 Å². The number of carbonyl (C=O) groups is 2. The van der Waals surface area contributed by atoms with Crippen molar-refractivity contribution < 1.29 is 22.7 Å². The molecule has 1 atom stereocenters. The lowest BCUT2D eigenvalue weighted by molar-refractivity contribution is -0.139. The topological polar surface area (TPSA) is 96.0 Å². The molecule has 0 heterocycles. The van der Waals surface area contributed by atoms with Gasteiger partial charge in [0, 0.05) is 22.6 Å². The lowest BCUT2D eigenvalue weighted by Crippen LogP contribution is -2.52. The second-order valence-electron chi connectivity index (χ2n) is 9.29. The molecule has 0 bridgehead atoms. The van der Waals surface area contributed by atoms with Crippen LogP contribution in [-0.4, -0.2) is 57.1 Å². The summed E-state index contributed by atoms with van der Waals surface area (Å²) in [5.41, 5.74) is 0.899. The summed E-state index contributed by atoms with van der Waals surface area (Å²) < 4.78 is 31.6. The molecule has 11 heteroatoms. The Balaban J connectivity index is 1.90. The maximum atomic E-state index is 13.7. The smallest absolute Gasteiger partial charge is 0.244 e. The minimum absolute atomic E-state index is 0.0681. The number of anilines is 1. The van der Waals surface area contributed by atoms with E-state index in [1.807, 2.05) is 6.07 Å². The van der Waals surface area contributed by atoms with Crippen LogP contribution in [0.1, 0.15) is 44.6 Å². The number of amides is 2. The van der Waals surface area contributed by atoms with Crippen LogP contribution in [0.25, 0.3) is 0 Å². The van der Waals surface area contributed by atoms with Crippen LogP contribution in [0.5, 0.6) is 5.75 Å². The summed E-state index contributed by atoms with van der Waals surface area (Å²) in [7, 11) is -2.34. The first-order valence-electron chi connectivity index (χ1n) is 12.1. The molecule has 1 N–H and O–H groups in total. The van der Waals surface area contributed by atoms with Gasteiger partial charge in [0.2, 0.25) is 21.8 Å². The van der Waals surface area contributed by atoms with E-state index in [4.69, 9.17) is 27.9 Å². The maximum absolute atomic E-state index is 13.7. The van der Waals surface area contributed by atoms with Crippen molar-refractivity contribution in [3.05, 3.63) is 58.1 Å². The molecule has 0 saturated heterocycles. The van der Waals surface area contributed by atoms with Gasteiger partial charge in [0.1, 0.15) is 18.3 Å². The Bertz CT molecular complexity index is 1200. The Kier molecular flexibility index (Phi) is 10.1. The van der Waals surface area contributed by atoms with Crippen molar-refractivity contribution >= 4 is 50.7 Å². The summed E-state index contributed by atoms with van der Waals surface area (Å²) in [6, 6.07) is 10.7. The number of nitrogens with one attached hydrogen (secondary N) is 1. The summed E-state index contributed by atoms with van der Waals surface area (Å²) in [6.45, 7) is 1.21. The molecule has 2 aromatic rings. The van der Waals surface area contributed by atoms with Gasteiger partial charge in [0.05, 0.1) is 19.1 Å². The van der Waals surface area contributed by atoms with Crippen LogP contribution in [-0.2, 0) is 26.2 Å². The molecular weight excluding hydrogens is 537 g/mol. The summed E-state index contributed by atoms with van der Waals surface area (Å²) >= 11 is 12.2. The third kappa shape index (κ3) is 8.25. The summed E-state index contributed by atoms with van der Waals surface area (Å²) in [5, 5.41) is 3.54. The van der Waals surface area contributed by atoms with Gasteiger partial charge in [0.15, 0.2) is 0 Å². The number of benzene rings is 2. The molecule has 1 saturated carbocycles. The Morgan fingerprint density at radius 3 is 2.32 bits per heavy atom. The van der Waals surface area contributed by atoms with Crippen LogP contribution in [0.15, 0.2) is 42.5 Å². The van der Waals surface area contributed by atoms with E-state index in [0.717, 1.165) is 48.2 Å². The zero-order valence-corrected chi connectivity index (χ0v) is 23.6. The summed E-state index contributed by atoms with van der Waals surface area (Å²) in [4.78, 5) is 28.3. The van der Waals surface area contributed by atoms with Gasteiger partial charge in [-0.25, -0.2) is 8.42 Å². The molecule has 37 heavy (non-hydrogen) atoms. The van der Waals surface area contributed by atoms with Gasteiger partial charge in [-0.2, -0.15) is 0 Å². The molecule has 0 radical (unpaired) electrons. The Morgan fingerprint density at radius 1 is 1.08 bits per heavy atom. The SMILES string of the molecule is COc1cccc(CN(C(=O)CN(c2cc(Cl)cc(Cl)c2)S(C)(=O)=O)[C@H](C)C(=O)NC2CCCCC2)c1. The van der Waals surface area contributed by atoms with E-state index in [-0.39, 0.29) is 34.2 Å². The molecular formula is C26H33Cl2N3O5S. The largest absolute Gasteiger partial charge is 0.497 e. The average Bonchev–Trinajstić information content (AvgIpc) is 2.84. The predicted octanol–water partition coefficient (Wildman–Crippen LogP) is 4.63. The molecule has 0 aliphatic heterocycles. The van der Waals surface area contributed by atoms with Crippen LogP contribution in [0.3, 0.4) is 0 Å². The lowest BCUT2D eigenvalue weighted by atomic mass is 9.95. The number of hydrogen-bond donors (Lipinski definition) is 1. The van der Waals surface area contributed by atoms with Crippen LogP contribution in [0.4, 0.5) is 5.69 Å². The fraction of sp³-hybridized carbons (Fsp3) is 0.462. The third-order valence-corrected chi connectivity index (χ3v) is 8.00. The molecule has 1 aliphatic rings. The Morgan fingerprint density at radius 2 is 1.73 bits per heavy atom. The molecule has 202 valence electrons. The van der Waals surface area contributed by atoms with Crippen LogP contribution < -0.4 is 14.4 Å². The highest BCUT2D eigenvalue weighted by Crippen LogP contribution is 2.27. The van der Waals surface area contributed by atoms with Gasteiger partial charge in [-0.3, -0.25) is 13.9 Å². The van der Waals surface area contributed by atoms with E-state index < -0.39 is 28.5 Å². The van der Waals surface area contributed by atoms with E-state index in [9.17, 15) is 18.0 Å². The molecule has 2 amide bonds. The molecule has 8 nitrogen and oxygen atoms in total. The van der Waals surface area contributed by atoms with E-state index in [2.05, 4.69) is 5.32 Å². The number of carbonyl (C=O) groups excluding carboxylic acids is 2. The average molecular weight is 571 g/mol. The molecule has 1 aliphatic carbocycles. The molecule has 3 rings (SSSR count). The molecule has 2 aromatic carbocycles. The number of rotatable bonds is 10. The van der Waals surface area contributed by atoms with Gasteiger partial charge < -0.3 is 15.0 Å².